The summed E-state index contributed by atoms with van der Waals surface area (Å²) in [5.74, 6) is 1.03. The van der Waals surface area contributed by atoms with E-state index < -0.39 is 0 Å². The van der Waals surface area contributed by atoms with Crippen molar-refractivity contribution in [2.75, 3.05) is 37.0 Å². The van der Waals surface area contributed by atoms with Gasteiger partial charge in [0.2, 0.25) is 0 Å². The van der Waals surface area contributed by atoms with Gasteiger partial charge < -0.3 is 14.5 Å². The maximum atomic E-state index is 5.79. The van der Waals surface area contributed by atoms with Gasteiger partial charge in [-0.15, -0.1) is 0 Å². The Bertz CT molecular complexity index is 627. The first-order valence-electron chi connectivity index (χ1n) is 8.17. The molecule has 4 heteroatoms. The fraction of sp³-hybridized carbons (Fsp3) is 0.421. The van der Waals surface area contributed by atoms with Crippen LogP contribution in [0.5, 0.6) is 0 Å². The molecule has 2 atom stereocenters. The summed E-state index contributed by atoms with van der Waals surface area (Å²) in [7, 11) is 4.10. The lowest BCUT2D eigenvalue weighted by Crippen LogP contribution is -2.45. The van der Waals surface area contributed by atoms with Gasteiger partial charge in [-0.3, -0.25) is 0 Å². The fourth-order valence-electron chi connectivity index (χ4n) is 3.06. The second-order valence-corrected chi connectivity index (χ2v) is 6.51. The molecule has 1 aromatic carbocycles. The summed E-state index contributed by atoms with van der Waals surface area (Å²) >= 11 is 0. The van der Waals surface area contributed by atoms with Gasteiger partial charge in [0, 0.05) is 44.6 Å². The van der Waals surface area contributed by atoms with E-state index in [1.54, 1.807) is 0 Å². The average molecular weight is 311 g/mol. The Morgan fingerprint density at radius 3 is 2.09 bits per heavy atom. The molecule has 1 aromatic heterocycles. The van der Waals surface area contributed by atoms with E-state index in [4.69, 9.17) is 4.74 Å². The van der Waals surface area contributed by atoms with Gasteiger partial charge in [-0.25, -0.2) is 4.98 Å². The van der Waals surface area contributed by atoms with Gasteiger partial charge in [-0.1, -0.05) is 12.1 Å². The molecule has 2 heterocycles. The quantitative estimate of drug-likeness (QED) is 0.868. The smallest absolute Gasteiger partial charge is 0.128 e. The fourth-order valence-corrected chi connectivity index (χ4v) is 3.06. The van der Waals surface area contributed by atoms with Crippen LogP contribution in [0.4, 0.5) is 11.5 Å². The lowest BCUT2D eigenvalue weighted by Gasteiger charge is -2.36. The molecular formula is C19H25N3O. The minimum atomic E-state index is 0.249. The Morgan fingerprint density at radius 1 is 0.957 bits per heavy atom. The van der Waals surface area contributed by atoms with Gasteiger partial charge >= 0.3 is 0 Å². The molecule has 1 aliphatic rings. The highest BCUT2D eigenvalue weighted by atomic mass is 16.5. The van der Waals surface area contributed by atoms with Crippen LogP contribution in [0.2, 0.25) is 0 Å². The molecule has 0 amide bonds. The maximum absolute atomic E-state index is 5.79. The summed E-state index contributed by atoms with van der Waals surface area (Å²) < 4.78 is 5.79. The summed E-state index contributed by atoms with van der Waals surface area (Å²) in [5, 5.41) is 0. The van der Waals surface area contributed by atoms with Crippen molar-refractivity contribution < 1.29 is 4.74 Å². The normalized spacial score (nSPS) is 21.3. The molecule has 0 bridgehead atoms. The minimum Gasteiger partial charge on any atom is -0.378 e. The van der Waals surface area contributed by atoms with Crippen molar-refractivity contribution in [3.63, 3.8) is 0 Å². The zero-order chi connectivity index (χ0) is 16.4. The monoisotopic (exact) mass is 311 g/mol. The maximum Gasteiger partial charge on any atom is 0.128 e. The summed E-state index contributed by atoms with van der Waals surface area (Å²) in [5.41, 5.74) is 3.54. The second kappa shape index (κ2) is 6.59. The van der Waals surface area contributed by atoms with Crippen LogP contribution in [0.25, 0.3) is 11.1 Å². The summed E-state index contributed by atoms with van der Waals surface area (Å²) in [6.07, 6.45) is 2.46. The van der Waals surface area contributed by atoms with Crippen molar-refractivity contribution >= 4 is 11.5 Å². The van der Waals surface area contributed by atoms with E-state index in [0.717, 1.165) is 24.5 Å². The molecule has 23 heavy (non-hydrogen) atoms. The number of anilines is 2. The van der Waals surface area contributed by atoms with Gasteiger partial charge in [-0.2, -0.15) is 0 Å². The Labute approximate surface area is 138 Å². The van der Waals surface area contributed by atoms with Crippen LogP contribution in [0.3, 0.4) is 0 Å². The van der Waals surface area contributed by atoms with Crippen LogP contribution < -0.4 is 9.80 Å². The molecule has 0 aliphatic carbocycles. The number of ether oxygens (including phenoxy) is 1. The first kappa shape index (κ1) is 15.8. The number of pyridine rings is 1. The predicted octanol–water partition coefficient (Wildman–Crippen LogP) is 3.43. The second-order valence-electron chi connectivity index (χ2n) is 6.51. The minimum absolute atomic E-state index is 0.249. The number of hydrogen-bond acceptors (Lipinski definition) is 4. The Kier molecular flexibility index (Phi) is 4.53. The van der Waals surface area contributed by atoms with Crippen molar-refractivity contribution in [1.82, 2.24) is 4.98 Å². The number of aromatic nitrogens is 1. The van der Waals surface area contributed by atoms with Gasteiger partial charge in [0.25, 0.3) is 0 Å². The Balaban J connectivity index is 1.76. The average Bonchev–Trinajstić information content (AvgIpc) is 2.54. The van der Waals surface area contributed by atoms with E-state index in [0.29, 0.717) is 0 Å². The number of rotatable bonds is 3. The Hall–Kier alpha value is -2.07. The van der Waals surface area contributed by atoms with Crippen molar-refractivity contribution in [3.8, 4) is 11.1 Å². The molecule has 0 N–H and O–H groups in total. The third-order valence-corrected chi connectivity index (χ3v) is 4.21. The first-order valence-corrected chi connectivity index (χ1v) is 8.17. The zero-order valence-corrected chi connectivity index (χ0v) is 14.4. The standard InChI is InChI=1S/C19H25N3O/c1-14-12-22(13-15(2)23-14)19-10-7-17(11-20-19)16-5-8-18(9-6-16)21(3)4/h5-11,14-15H,12-13H2,1-4H3/t14-,15+. The van der Waals surface area contributed by atoms with Crippen LogP contribution in [0.15, 0.2) is 42.6 Å². The lowest BCUT2D eigenvalue weighted by atomic mass is 10.1. The highest BCUT2D eigenvalue weighted by Gasteiger charge is 2.22. The molecular weight excluding hydrogens is 286 g/mol. The van der Waals surface area contributed by atoms with E-state index >= 15 is 0 Å². The number of benzene rings is 1. The highest BCUT2D eigenvalue weighted by Crippen LogP contribution is 2.24. The van der Waals surface area contributed by atoms with Gasteiger partial charge in [0.15, 0.2) is 0 Å². The van der Waals surface area contributed by atoms with Gasteiger partial charge in [-0.05, 0) is 43.7 Å². The van der Waals surface area contributed by atoms with E-state index in [9.17, 15) is 0 Å². The first-order chi connectivity index (χ1) is 11.0. The predicted molar refractivity (Wildman–Crippen MR) is 96.2 cm³/mol. The van der Waals surface area contributed by atoms with Crippen LogP contribution in [0, 0.1) is 0 Å². The zero-order valence-electron chi connectivity index (χ0n) is 14.4. The summed E-state index contributed by atoms with van der Waals surface area (Å²) in [6.45, 7) is 6.02. The van der Waals surface area contributed by atoms with Crippen molar-refractivity contribution in [1.29, 1.82) is 0 Å². The molecule has 0 radical (unpaired) electrons. The highest BCUT2D eigenvalue weighted by molar-refractivity contribution is 5.66. The number of morpholine rings is 1. The molecule has 1 saturated heterocycles. The van der Waals surface area contributed by atoms with E-state index in [-0.39, 0.29) is 12.2 Å². The topological polar surface area (TPSA) is 28.6 Å². The molecule has 4 nitrogen and oxygen atoms in total. The largest absolute Gasteiger partial charge is 0.378 e. The van der Waals surface area contributed by atoms with E-state index in [2.05, 4.69) is 79.1 Å². The van der Waals surface area contributed by atoms with E-state index in [1.165, 1.54) is 11.3 Å². The lowest BCUT2D eigenvalue weighted by molar-refractivity contribution is -0.00545. The summed E-state index contributed by atoms with van der Waals surface area (Å²) in [6, 6.07) is 12.8. The van der Waals surface area contributed by atoms with Crippen LogP contribution in [-0.4, -0.2) is 44.4 Å². The summed E-state index contributed by atoms with van der Waals surface area (Å²) in [4.78, 5) is 9.07. The molecule has 1 fully saturated rings. The Morgan fingerprint density at radius 2 is 1.57 bits per heavy atom. The van der Waals surface area contributed by atoms with Crippen molar-refractivity contribution in [3.05, 3.63) is 42.6 Å². The number of nitrogens with zero attached hydrogens (tertiary/aromatic N) is 3. The van der Waals surface area contributed by atoms with Crippen LogP contribution in [-0.2, 0) is 4.74 Å². The molecule has 0 spiro atoms. The van der Waals surface area contributed by atoms with Gasteiger partial charge in [0.05, 0.1) is 12.2 Å². The van der Waals surface area contributed by atoms with Gasteiger partial charge in [0.1, 0.15) is 5.82 Å². The van der Waals surface area contributed by atoms with Crippen LogP contribution >= 0.6 is 0 Å². The van der Waals surface area contributed by atoms with E-state index in [1.807, 2.05) is 6.20 Å². The molecule has 0 saturated carbocycles. The van der Waals surface area contributed by atoms with Crippen LogP contribution in [0.1, 0.15) is 13.8 Å². The SMILES string of the molecule is C[C@@H]1CN(c2ccc(-c3ccc(N(C)C)cc3)cn2)C[C@H](C)O1. The molecule has 0 unspecified atom stereocenters. The third-order valence-electron chi connectivity index (χ3n) is 4.21. The molecule has 1 aliphatic heterocycles. The molecule has 122 valence electrons. The molecule has 2 aromatic rings. The number of hydrogen-bond donors (Lipinski definition) is 0. The molecule has 3 rings (SSSR count). The third kappa shape index (κ3) is 3.64. The van der Waals surface area contributed by atoms with Crippen molar-refractivity contribution in [2.24, 2.45) is 0 Å². The van der Waals surface area contributed by atoms with Crippen molar-refractivity contribution in [2.45, 2.75) is 26.1 Å².